The lowest BCUT2D eigenvalue weighted by Gasteiger charge is -2.34. The predicted molar refractivity (Wildman–Crippen MR) is 117 cm³/mol. The Balaban J connectivity index is 1.31. The fourth-order valence-corrected chi connectivity index (χ4v) is 4.41. The summed E-state index contributed by atoms with van der Waals surface area (Å²) in [5.74, 6) is 0.558. The smallest absolute Gasteiger partial charge is 0.416 e. The topological polar surface area (TPSA) is 45.7 Å². The van der Waals surface area contributed by atoms with Crippen molar-refractivity contribution in [2.75, 3.05) is 33.3 Å². The highest BCUT2D eigenvalue weighted by molar-refractivity contribution is 7.09. The van der Waals surface area contributed by atoms with Crippen molar-refractivity contribution in [1.82, 2.24) is 14.8 Å². The zero-order valence-corrected chi connectivity index (χ0v) is 18.2. The predicted octanol–water partition coefficient (Wildman–Crippen LogP) is 4.80. The van der Waals surface area contributed by atoms with Crippen molar-refractivity contribution in [2.45, 2.75) is 12.7 Å². The van der Waals surface area contributed by atoms with Gasteiger partial charge in [0, 0.05) is 42.7 Å². The first-order valence-electron chi connectivity index (χ1n) is 10.1. The fraction of sp³-hybridized carbons (Fsp3) is 0.304. The summed E-state index contributed by atoms with van der Waals surface area (Å²) in [4.78, 5) is 21.3. The maximum absolute atomic E-state index is 12.7. The van der Waals surface area contributed by atoms with Crippen molar-refractivity contribution in [3.63, 3.8) is 0 Å². The van der Waals surface area contributed by atoms with Gasteiger partial charge < -0.3 is 9.64 Å². The number of methoxy groups -OCH3 is 1. The van der Waals surface area contributed by atoms with E-state index in [0.29, 0.717) is 32.7 Å². The Morgan fingerprint density at radius 1 is 1.03 bits per heavy atom. The Morgan fingerprint density at radius 3 is 2.28 bits per heavy atom. The second-order valence-corrected chi connectivity index (χ2v) is 8.44. The highest BCUT2D eigenvalue weighted by Gasteiger charge is 2.30. The lowest BCUT2D eigenvalue weighted by molar-refractivity contribution is -0.137. The molecule has 1 aliphatic heterocycles. The Kier molecular flexibility index (Phi) is 6.48. The number of thiazole rings is 1. The van der Waals surface area contributed by atoms with E-state index >= 15 is 0 Å². The molecule has 1 aromatic heterocycles. The Hall–Kier alpha value is -2.91. The average molecular weight is 462 g/mol. The fourth-order valence-electron chi connectivity index (χ4n) is 3.56. The molecule has 0 saturated carbocycles. The van der Waals surface area contributed by atoms with Gasteiger partial charge in [-0.3, -0.25) is 9.69 Å². The van der Waals surface area contributed by atoms with Crippen LogP contribution in [0.4, 0.5) is 13.2 Å². The van der Waals surface area contributed by atoms with E-state index in [1.54, 1.807) is 23.3 Å². The van der Waals surface area contributed by atoms with Crippen molar-refractivity contribution in [2.24, 2.45) is 0 Å². The number of rotatable bonds is 5. The number of piperazine rings is 1. The number of benzene rings is 2. The van der Waals surface area contributed by atoms with Gasteiger partial charge in [-0.05, 0) is 48.5 Å². The van der Waals surface area contributed by atoms with E-state index in [2.05, 4.69) is 4.90 Å². The van der Waals surface area contributed by atoms with Gasteiger partial charge in [-0.1, -0.05) is 0 Å². The monoisotopic (exact) mass is 461 g/mol. The van der Waals surface area contributed by atoms with E-state index in [9.17, 15) is 18.0 Å². The second-order valence-electron chi connectivity index (χ2n) is 7.50. The maximum atomic E-state index is 12.7. The molecule has 0 spiro atoms. The van der Waals surface area contributed by atoms with E-state index in [-0.39, 0.29) is 11.5 Å². The first-order chi connectivity index (χ1) is 15.3. The molecule has 1 aliphatic rings. The van der Waals surface area contributed by atoms with Gasteiger partial charge >= 0.3 is 6.18 Å². The highest BCUT2D eigenvalue weighted by Crippen LogP contribution is 2.29. The number of halogens is 3. The van der Waals surface area contributed by atoms with E-state index in [0.717, 1.165) is 34.1 Å². The molecule has 2 heterocycles. The average Bonchev–Trinajstić information content (AvgIpc) is 3.27. The van der Waals surface area contributed by atoms with Gasteiger partial charge in [0.15, 0.2) is 0 Å². The van der Waals surface area contributed by atoms with E-state index in [4.69, 9.17) is 9.72 Å². The molecule has 32 heavy (non-hydrogen) atoms. The molecule has 2 aromatic carbocycles. The summed E-state index contributed by atoms with van der Waals surface area (Å²) < 4.78 is 43.3. The lowest BCUT2D eigenvalue weighted by Crippen LogP contribution is -2.48. The van der Waals surface area contributed by atoms with Crippen LogP contribution in [0.2, 0.25) is 0 Å². The largest absolute Gasteiger partial charge is 0.497 e. The summed E-state index contributed by atoms with van der Waals surface area (Å²) in [6, 6.07) is 12.1. The summed E-state index contributed by atoms with van der Waals surface area (Å²) >= 11 is 1.60. The van der Waals surface area contributed by atoms with Crippen LogP contribution in [0.3, 0.4) is 0 Å². The van der Waals surface area contributed by atoms with Crippen molar-refractivity contribution >= 4 is 17.2 Å². The molecule has 0 aliphatic carbocycles. The minimum Gasteiger partial charge on any atom is -0.497 e. The number of hydrogen-bond acceptors (Lipinski definition) is 5. The summed E-state index contributed by atoms with van der Waals surface area (Å²) in [6.45, 7) is 3.11. The van der Waals surface area contributed by atoms with Crippen molar-refractivity contribution in [1.29, 1.82) is 0 Å². The number of ether oxygens (including phenoxy) is 1. The van der Waals surface area contributed by atoms with Gasteiger partial charge in [0.1, 0.15) is 10.8 Å². The molecule has 1 amide bonds. The van der Waals surface area contributed by atoms with Gasteiger partial charge in [-0.15, -0.1) is 11.3 Å². The minimum atomic E-state index is -4.41. The maximum Gasteiger partial charge on any atom is 0.416 e. The van der Waals surface area contributed by atoms with Crippen LogP contribution in [0.15, 0.2) is 53.9 Å². The number of aromatic nitrogens is 1. The van der Waals surface area contributed by atoms with Crippen molar-refractivity contribution < 1.29 is 22.7 Å². The van der Waals surface area contributed by atoms with Crippen LogP contribution >= 0.6 is 11.3 Å². The Morgan fingerprint density at radius 2 is 1.69 bits per heavy atom. The van der Waals surface area contributed by atoms with Crippen LogP contribution in [-0.2, 0) is 12.7 Å². The normalized spacial score (nSPS) is 15.1. The van der Waals surface area contributed by atoms with Crippen LogP contribution < -0.4 is 4.74 Å². The molecule has 4 rings (SSSR count). The third-order valence-electron chi connectivity index (χ3n) is 5.42. The summed E-state index contributed by atoms with van der Waals surface area (Å²) in [6.07, 6.45) is -4.41. The van der Waals surface area contributed by atoms with Gasteiger partial charge in [0.25, 0.3) is 5.91 Å². The second kappa shape index (κ2) is 9.30. The number of alkyl halides is 3. The zero-order valence-electron chi connectivity index (χ0n) is 17.4. The van der Waals surface area contributed by atoms with Gasteiger partial charge in [0.05, 0.1) is 24.9 Å². The van der Waals surface area contributed by atoms with E-state index < -0.39 is 11.7 Å². The minimum absolute atomic E-state index is 0.241. The van der Waals surface area contributed by atoms with Crippen LogP contribution in [0.25, 0.3) is 11.3 Å². The van der Waals surface area contributed by atoms with Crippen molar-refractivity contribution in [3.8, 4) is 17.0 Å². The molecule has 3 aromatic rings. The standard InChI is InChI=1S/C23H22F3N3O2S/c1-31-19-8-4-16(5-9-19)20-15-32-21(27-20)14-28-10-12-29(13-11-28)22(30)17-2-6-18(7-3-17)23(24,25)26/h2-9,15H,10-14H2,1H3. The SMILES string of the molecule is COc1ccc(-c2csc(CN3CCN(C(=O)c4ccc(C(F)(F)F)cc4)CC3)n2)cc1. The number of carbonyl (C=O) groups is 1. The molecule has 9 heteroatoms. The Labute approximate surface area is 188 Å². The molecule has 1 saturated heterocycles. The van der Waals surface area contributed by atoms with Crippen LogP contribution in [0.1, 0.15) is 20.9 Å². The van der Waals surface area contributed by atoms with E-state index in [1.807, 2.05) is 29.6 Å². The molecule has 0 unspecified atom stereocenters. The van der Waals surface area contributed by atoms with Gasteiger partial charge in [0.2, 0.25) is 0 Å². The Bertz CT molecular complexity index is 1060. The molecule has 0 radical (unpaired) electrons. The molecular weight excluding hydrogens is 439 g/mol. The summed E-state index contributed by atoms with van der Waals surface area (Å²) in [7, 11) is 1.63. The van der Waals surface area contributed by atoms with Gasteiger partial charge in [-0.25, -0.2) is 4.98 Å². The first kappa shape index (κ1) is 22.3. The molecule has 5 nitrogen and oxygen atoms in total. The van der Waals surface area contributed by atoms with Crippen LogP contribution in [0, 0.1) is 0 Å². The highest BCUT2D eigenvalue weighted by atomic mass is 32.1. The molecule has 168 valence electrons. The summed E-state index contributed by atoms with van der Waals surface area (Å²) in [5.41, 5.74) is 1.47. The third kappa shape index (κ3) is 5.11. The lowest BCUT2D eigenvalue weighted by atomic mass is 10.1. The van der Waals surface area contributed by atoms with Crippen LogP contribution in [0.5, 0.6) is 5.75 Å². The molecule has 1 fully saturated rings. The number of hydrogen-bond donors (Lipinski definition) is 0. The molecule has 0 bridgehead atoms. The van der Waals surface area contributed by atoms with Crippen LogP contribution in [-0.4, -0.2) is 54.0 Å². The summed E-state index contributed by atoms with van der Waals surface area (Å²) in [5, 5.41) is 3.03. The van der Waals surface area contributed by atoms with Crippen molar-refractivity contribution in [3.05, 3.63) is 70.0 Å². The van der Waals surface area contributed by atoms with Gasteiger partial charge in [-0.2, -0.15) is 13.2 Å². The molecule has 0 atom stereocenters. The molecule has 0 N–H and O–H groups in total. The number of nitrogens with zero attached hydrogens (tertiary/aromatic N) is 3. The van der Waals surface area contributed by atoms with E-state index in [1.165, 1.54) is 12.1 Å². The molecular formula is C23H22F3N3O2S. The third-order valence-corrected chi connectivity index (χ3v) is 6.25. The quantitative estimate of drug-likeness (QED) is 0.548. The number of amides is 1. The zero-order chi connectivity index (χ0) is 22.7. The first-order valence-corrected chi connectivity index (χ1v) is 11.0. The number of carbonyl (C=O) groups excluding carboxylic acids is 1.